The first-order chi connectivity index (χ1) is 10.1. The highest BCUT2D eigenvalue weighted by Gasteiger charge is 2.12. The van der Waals surface area contributed by atoms with Crippen LogP contribution in [0.4, 0.5) is 5.82 Å². The van der Waals surface area contributed by atoms with Crippen LogP contribution in [0.25, 0.3) is 11.4 Å². The molecule has 1 unspecified atom stereocenters. The molecule has 112 valence electrons. The standard InChI is InChI=1S/C17H24N4/c1-5-13(3)12-21(6-2)16-10-14(4)19-17(20-16)15-8-7-9-18-11-15/h7-11,13H,5-6,12H2,1-4H3. The first-order valence-corrected chi connectivity index (χ1v) is 7.65. The van der Waals surface area contributed by atoms with Crippen molar-refractivity contribution in [3.8, 4) is 11.4 Å². The number of nitrogens with zero attached hydrogens (tertiary/aromatic N) is 4. The Morgan fingerprint density at radius 3 is 2.67 bits per heavy atom. The summed E-state index contributed by atoms with van der Waals surface area (Å²) in [5, 5.41) is 0. The summed E-state index contributed by atoms with van der Waals surface area (Å²) < 4.78 is 0. The molecule has 0 aromatic carbocycles. The summed E-state index contributed by atoms with van der Waals surface area (Å²) in [4.78, 5) is 15.8. The minimum atomic E-state index is 0.655. The maximum atomic E-state index is 4.74. The monoisotopic (exact) mass is 284 g/mol. The zero-order valence-electron chi connectivity index (χ0n) is 13.4. The van der Waals surface area contributed by atoms with E-state index in [0.29, 0.717) is 5.92 Å². The van der Waals surface area contributed by atoms with Gasteiger partial charge >= 0.3 is 0 Å². The van der Waals surface area contributed by atoms with Crippen molar-refractivity contribution in [3.05, 3.63) is 36.3 Å². The van der Waals surface area contributed by atoms with E-state index in [1.54, 1.807) is 6.20 Å². The molecule has 0 saturated heterocycles. The first kappa shape index (κ1) is 15.4. The highest BCUT2D eigenvalue weighted by Crippen LogP contribution is 2.20. The highest BCUT2D eigenvalue weighted by molar-refractivity contribution is 5.56. The molecule has 0 aliphatic rings. The summed E-state index contributed by atoms with van der Waals surface area (Å²) in [5.74, 6) is 2.41. The van der Waals surface area contributed by atoms with Crippen LogP contribution in [0.15, 0.2) is 30.6 Å². The minimum absolute atomic E-state index is 0.655. The zero-order chi connectivity index (χ0) is 15.2. The van der Waals surface area contributed by atoms with Crippen molar-refractivity contribution in [1.29, 1.82) is 0 Å². The van der Waals surface area contributed by atoms with Crippen LogP contribution < -0.4 is 4.90 Å². The van der Waals surface area contributed by atoms with Gasteiger partial charge in [0.2, 0.25) is 0 Å². The van der Waals surface area contributed by atoms with Gasteiger partial charge in [-0.2, -0.15) is 0 Å². The van der Waals surface area contributed by atoms with E-state index in [-0.39, 0.29) is 0 Å². The Kier molecular flexibility index (Phi) is 5.26. The lowest BCUT2D eigenvalue weighted by atomic mass is 10.1. The summed E-state index contributed by atoms with van der Waals surface area (Å²) in [5.41, 5.74) is 1.95. The lowest BCUT2D eigenvalue weighted by molar-refractivity contribution is 0.545. The molecule has 0 spiro atoms. The SMILES string of the molecule is CCC(C)CN(CC)c1cc(C)nc(-c2cccnc2)n1. The van der Waals surface area contributed by atoms with Crippen LogP contribution in [0.3, 0.4) is 0 Å². The van der Waals surface area contributed by atoms with E-state index in [2.05, 4.69) is 41.7 Å². The number of aryl methyl sites for hydroxylation is 1. The number of rotatable bonds is 6. The van der Waals surface area contributed by atoms with Gasteiger partial charge in [-0.05, 0) is 31.9 Å². The Morgan fingerprint density at radius 1 is 1.24 bits per heavy atom. The smallest absolute Gasteiger partial charge is 0.163 e. The Morgan fingerprint density at radius 2 is 2.05 bits per heavy atom. The summed E-state index contributed by atoms with van der Waals surface area (Å²) in [6, 6.07) is 5.97. The normalized spacial score (nSPS) is 12.2. The summed E-state index contributed by atoms with van der Waals surface area (Å²) >= 11 is 0. The molecular formula is C17H24N4. The Balaban J connectivity index is 2.34. The van der Waals surface area contributed by atoms with Crippen LogP contribution in [0, 0.1) is 12.8 Å². The van der Waals surface area contributed by atoms with Gasteiger partial charge in [0, 0.05) is 42.8 Å². The van der Waals surface area contributed by atoms with Crippen molar-refractivity contribution in [2.45, 2.75) is 34.1 Å². The molecule has 0 N–H and O–H groups in total. The van der Waals surface area contributed by atoms with Crippen molar-refractivity contribution in [2.75, 3.05) is 18.0 Å². The van der Waals surface area contributed by atoms with Crippen molar-refractivity contribution >= 4 is 5.82 Å². The maximum Gasteiger partial charge on any atom is 0.163 e. The number of hydrogen-bond donors (Lipinski definition) is 0. The number of hydrogen-bond acceptors (Lipinski definition) is 4. The van der Waals surface area contributed by atoms with Crippen LogP contribution in [0.2, 0.25) is 0 Å². The average Bonchev–Trinajstić information content (AvgIpc) is 2.52. The molecule has 21 heavy (non-hydrogen) atoms. The van der Waals surface area contributed by atoms with Crippen molar-refractivity contribution in [1.82, 2.24) is 15.0 Å². The number of anilines is 1. The van der Waals surface area contributed by atoms with Crippen LogP contribution in [0.5, 0.6) is 0 Å². The third kappa shape index (κ3) is 4.00. The van der Waals surface area contributed by atoms with Gasteiger partial charge in [0.25, 0.3) is 0 Å². The highest BCUT2D eigenvalue weighted by atomic mass is 15.2. The first-order valence-electron chi connectivity index (χ1n) is 7.65. The summed E-state index contributed by atoms with van der Waals surface area (Å²) in [6.07, 6.45) is 4.75. The second-order valence-corrected chi connectivity index (χ2v) is 5.48. The quantitative estimate of drug-likeness (QED) is 0.810. The van der Waals surface area contributed by atoms with E-state index in [1.807, 2.05) is 25.3 Å². The predicted molar refractivity (Wildman–Crippen MR) is 87.3 cm³/mol. The molecule has 2 aromatic rings. The third-order valence-electron chi connectivity index (χ3n) is 3.70. The largest absolute Gasteiger partial charge is 0.357 e. The molecule has 2 aromatic heterocycles. The topological polar surface area (TPSA) is 41.9 Å². The lowest BCUT2D eigenvalue weighted by Crippen LogP contribution is -2.29. The number of pyridine rings is 1. The van der Waals surface area contributed by atoms with Gasteiger partial charge in [-0.3, -0.25) is 4.98 Å². The molecule has 1 atom stereocenters. The second kappa shape index (κ2) is 7.16. The van der Waals surface area contributed by atoms with Gasteiger partial charge in [-0.15, -0.1) is 0 Å². The molecule has 0 saturated carbocycles. The van der Waals surface area contributed by atoms with E-state index >= 15 is 0 Å². The van der Waals surface area contributed by atoms with Gasteiger partial charge in [0.1, 0.15) is 5.82 Å². The van der Waals surface area contributed by atoms with Gasteiger partial charge < -0.3 is 4.90 Å². The van der Waals surface area contributed by atoms with E-state index in [4.69, 9.17) is 4.98 Å². The molecule has 0 bridgehead atoms. The molecule has 0 aliphatic carbocycles. The summed E-state index contributed by atoms with van der Waals surface area (Å²) in [6.45, 7) is 10.7. The van der Waals surface area contributed by atoms with Crippen molar-refractivity contribution < 1.29 is 0 Å². The second-order valence-electron chi connectivity index (χ2n) is 5.48. The third-order valence-corrected chi connectivity index (χ3v) is 3.70. The molecule has 0 radical (unpaired) electrons. The predicted octanol–water partition coefficient (Wildman–Crippen LogP) is 3.72. The van der Waals surface area contributed by atoms with Gasteiger partial charge in [-0.1, -0.05) is 20.3 Å². The van der Waals surface area contributed by atoms with Crippen molar-refractivity contribution in [3.63, 3.8) is 0 Å². The molecule has 2 heterocycles. The Bertz CT molecular complexity index is 568. The molecule has 0 amide bonds. The minimum Gasteiger partial charge on any atom is -0.357 e. The number of aromatic nitrogens is 3. The van der Waals surface area contributed by atoms with E-state index in [0.717, 1.165) is 36.0 Å². The Labute approximate surface area is 127 Å². The lowest BCUT2D eigenvalue weighted by Gasteiger charge is -2.25. The molecule has 4 heteroatoms. The van der Waals surface area contributed by atoms with Crippen LogP contribution in [-0.2, 0) is 0 Å². The molecule has 0 fully saturated rings. The van der Waals surface area contributed by atoms with E-state index < -0.39 is 0 Å². The molecule has 2 rings (SSSR count). The van der Waals surface area contributed by atoms with Gasteiger partial charge in [-0.25, -0.2) is 9.97 Å². The average molecular weight is 284 g/mol. The van der Waals surface area contributed by atoms with E-state index in [1.165, 1.54) is 6.42 Å². The summed E-state index contributed by atoms with van der Waals surface area (Å²) in [7, 11) is 0. The molecular weight excluding hydrogens is 260 g/mol. The van der Waals surface area contributed by atoms with Crippen LogP contribution in [-0.4, -0.2) is 28.0 Å². The molecule has 0 aliphatic heterocycles. The maximum absolute atomic E-state index is 4.74. The van der Waals surface area contributed by atoms with Gasteiger partial charge in [0.15, 0.2) is 5.82 Å². The van der Waals surface area contributed by atoms with Crippen molar-refractivity contribution in [2.24, 2.45) is 5.92 Å². The van der Waals surface area contributed by atoms with Crippen LogP contribution in [0.1, 0.15) is 32.9 Å². The fraction of sp³-hybridized carbons (Fsp3) is 0.471. The van der Waals surface area contributed by atoms with Gasteiger partial charge in [0.05, 0.1) is 0 Å². The molecule has 4 nitrogen and oxygen atoms in total. The fourth-order valence-corrected chi connectivity index (χ4v) is 2.23. The fourth-order valence-electron chi connectivity index (χ4n) is 2.23. The Hall–Kier alpha value is -1.97. The van der Waals surface area contributed by atoms with Crippen LogP contribution >= 0.6 is 0 Å². The zero-order valence-corrected chi connectivity index (χ0v) is 13.4. The van der Waals surface area contributed by atoms with E-state index in [9.17, 15) is 0 Å².